The number of carbonyl (C=O) groups is 3. The van der Waals surface area contributed by atoms with E-state index in [1.165, 1.54) is 24.7 Å². The predicted octanol–water partition coefficient (Wildman–Crippen LogP) is 2.92. The first-order chi connectivity index (χ1) is 16.4. The number of nitrogens with one attached hydrogen (secondary N) is 1. The van der Waals surface area contributed by atoms with Gasteiger partial charge >= 0.3 is 5.97 Å². The first kappa shape index (κ1) is 25.1. The maximum absolute atomic E-state index is 13.0. The van der Waals surface area contributed by atoms with Gasteiger partial charge in [0.25, 0.3) is 5.91 Å². The van der Waals surface area contributed by atoms with Gasteiger partial charge in [0, 0.05) is 12.1 Å². The van der Waals surface area contributed by atoms with E-state index in [9.17, 15) is 29.7 Å². The van der Waals surface area contributed by atoms with Crippen LogP contribution in [0.15, 0.2) is 12.1 Å². The maximum Gasteiger partial charge on any atom is 0.328 e. The number of phenols is 3. The van der Waals surface area contributed by atoms with Gasteiger partial charge in [-0.2, -0.15) is 0 Å². The van der Waals surface area contributed by atoms with Crippen LogP contribution in [0.25, 0.3) is 0 Å². The van der Waals surface area contributed by atoms with Crippen molar-refractivity contribution in [1.29, 1.82) is 0 Å². The van der Waals surface area contributed by atoms with Gasteiger partial charge in [0.15, 0.2) is 17.2 Å². The van der Waals surface area contributed by atoms with E-state index < -0.39 is 47.1 Å². The summed E-state index contributed by atoms with van der Waals surface area (Å²) in [6.45, 7) is 9.27. The number of hydrogen-bond donors (Lipinski definition) is 4. The van der Waals surface area contributed by atoms with Gasteiger partial charge in [-0.1, -0.05) is 20.8 Å². The molecule has 0 spiro atoms. The lowest BCUT2D eigenvalue weighted by Crippen LogP contribution is -2.50. The summed E-state index contributed by atoms with van der Waals surface area (Å²) in [7, 11) is 0. The van der Waals surface area contributed by atoms with Crippen LogP contribution in [0.2, 0.25) is 0 Å². The zero-order chi connectivity index (χ0) is 25.7. The summed E-state index contributed by atoms with van der Waals surface area (Å²) in [5.41, 5.74) is 0.651. The summed E-state index contributed by atoms with van der Waals surface area (Å²) in [6, 6.07) is 0.373. The van der Waals surface area contributed by atoms with Gasteiger partial charge in [0.05, 0.1) is 6.61 Å². The van der Waals surface area contributed by atoms with Crippen molar-refractivity contribution >= 4 is 17.8 Å². The van der Waals surface area contributed by atoms with E-state index in [1.807, 2.05) is 0 Å². The number of likely N-dealkylation sites (tertiary alicyclic amines) is 1. The number of rotatable bonds is 7. The number of carbonyl (C=O) groups excluding carboxylic acids is 3. The Bertz CT molecular complexity index is 1020. The molecule has 5 atom stereocenters. The molecule has 4 rings (SSSR count). The molecule has 5 unspecified atom stereocenters. The van der Waals surface area contributed by atoms with Crippen molar-refractivity contribution in [2.75, 3.05) is 13.2 Å². The zero-order valence-electron chi connectivity index (χ0n) is 20.8. The van der Waals surface area contributed by atoms with Crippen LogP contribution in [0.1, 0.15) is 70.2 Å². The normalized spacial score (nSPS) is 29.4. The molecule has 0 aromatic heterocycles. The molecule has 3 fully saturated rings. The SMILES string of the molecule is CC(NC(=O)c1cc(O)c(O)c(O)c1)C(=O)N1CCCC1C(=O)OCCC1CCC2(C)C1C2(C)C. The maximum atomic E-state index is 13.0. The highest BCUT2D eigenvalue weighted by atomic mass is 16.5. The predicted molar refractivity (Wildman–Crippen MR) is 127 cm³/mol. The van der Waals surface area contributed by atoms with Gasteiger partial charge in [-0.15, -0.1) is 0 Å². The van der Waals surface area contributed by atoms with E-state index >= 15 is 0 Å². The second kappa shape index (κ2) is 8.91. The number of amides is 2. The number of ether oxygens (including phenoxy) is 1. The molecule has 2 saturated carbocycles. The second-order valence-electron chi connectivity index (χ2n) is 11.1. The van der Waals surface area contributed by atoms with Crippen LogP contribution in [0.3, 0.4) is 0 Å². The number of benzene rings is 1. The van der Waals surface area contributed by atoms with Crippen molar-refractivity contribution in [3.8, 4) is 17.2 Å². The van der Waals surface area contributed by atoms with E-state index in [0.29, 0.717) is 48.7 Å². The molecule has 2 aliphatic carbocycles. The third-order valence-corrected chi connectivity index (χ3v) is 8.95. The van der Waals surface area contributed by atoms with Crippen LogP contribution in [0, 0.1) is 22.7 Å². The van der Waals surface area contributed by atoms with Crippen LogP contribution >= 0.6 is 0 Å². The molecule has 35 heavy (non-hydrogen) atoms. The molecule has 1 saturated heterocycles. The summed E-state index contributed by atoms with van der Waals surface area (Å²) in [6.07, 6.45) is 4.42. The topological polar surface area (TPSA) is 136 Å². The largest absolute Gasteiger partial charge is 0.504 e. The Balaban J connectivity index is 1.29. The molecule has 3 aliphatic rings. The Kier molecular flexibility index (Phi) is 6.40. The molecule has 1 aliphatic heterocycles. The highest BCUT2D eigenvalue weighted by molar-refractivity contribution is 5.99. The zero-order valence-corrected chi connectivity index (χ0v) is 20.8. The number of aromatic hydroxyl groups is 3. The fraction of sp³-hybridized carbons (Fsp3) is 0.654. The first-order valence-corrected chi connectivity index (χ1v) is 12.4. The van der Waals surface area contributed by atoms with Crippen LogP contribution in [0.4, 0.5) is 0 Å². The summed E-state index contributed by atoms with van der Waals surface area (Å²) in [5, 5.41) is 31.2. The lowest BCUT2D eigenvalue weighted by Gasteiger charge is -2.27. The molecule has 2 amide bonds. The van der Waals surface area contributed by atoms with E-state index in [4.69, 9.17) is 4.74 Å². The third-order valence-electron chi connectivity index (χ3n) is 8.95. The van der Waals surface area contributed by atoms with Gasteiger partial charge in [0.2, 0.25) is 5.91 Å². The molecule has 1 aromatic carbocycles. The molecule has 9 heteroatoms. The van der Waals surface area contributed by atoms with Gasteiger partial charge in [-0.25, -0.2) is 4.79 Å². The fourth-order valence-electron chi connectivity index (χ4n) is 6.68. The number of esters is 1. The van der Waals surface area contributed by atoms with Crippen molar-refractivity contribution in [3.63, 3.8) is 0 Å². The van der Waals surface area contributed by atoms with Gasteiger partial charge in [-0.05, 0) is 73.8 Å². The minimum atomic E-state index is -0.942. The van der Waals surface area contributed by atoms with Gasteiger partial charge in [0.1, 0.15) is 12.1 Å². The highest BCUT2D eigenvalue weighted by Crippen LogP contribution is 2.78. The minimum absolute atomic E-state index is 0.114. The molecule has 1 aromatic rings. The van der Waals surface area contributed by atoms with Crippen LogP contribution in [-0.4, -0.2) is 63.2 Å². The minimum Gasteiger partial charge on any atom is -0.504 e. The molecule has 0 bridgehead atoms. The van der Waals surface area contributed by atoms with Crippen molar-refractivity contribution in [2.24, 2.45) is 22.7 Å². The molecular formula is C26H36N2O7. The van der Waals surface area contributed by atoms with E-state index in [0.717, 1.165) is 18.6 Å². The lowest BCUT2D eigenvalue weighted by molar-refractivity contribution is -0.154. The van der Waals surface area contributed by atoms with Crippen LogP contribution in [-0.2, 0) is 14.3 Å². The smallest absolute Gasteiger partial charge is 0.328 e. The summed E-state index contributed by atoms with van der Waals surface area (Å²) >= 11 is 0. The van der Waals surface area contributed by atoms with Crippen LogP contribution in [0.5, 0.6) is 17.2 Å². The standard InChI is InChI=1S/C26H36N2O7/c1-14(27-22(32)16-12-18(29)20(31)19(30)13-16)23(33)28-10-5-6-17(28)24(34)35-11-8-15-7-9-26(4)21(15)25(26,2)3/h12-15,17,21,29-31H,5-11H2,1-4H3,(H,27,32). The Morgan fingerprint density at radius 3 is 2.40 bits per heavy atom. The molecule has 0 radical (unpaired) electrons. The molecular weight excluding hydrogens is 452 g/mol. The van der Waals surface area contributed by atoms with Crippen molar-refractivity contribution in [3.05, 3.63) is 17.7 Å². The quantitative estimate of drug-likeness (QED) is 0.342. The number of nitrogens with zero attached hydrogens (tertiary/aromatic N) is 1. The van der Waals surface area contributed by atoms with Gasteiger partial charge < -0.3 is 30.3 Å². The number of fused-ring (bicyclic) bond motifs is 1. The van der Waals surface area contributed by atoms with Crippen molar-refractivity contribution in [1.82, 2.24) is 10.2 Å². The average Bonchev–Trinajstić information content (AvgIpc) is 3.22. The Hall–Kier alpha value is -2.97. The molecule has 192 valence electrons. The van der Waals surface area contributed by atoms with Crippen molar-refractivity contribution in [2.45, 2.75) is 71.9 Å². The lowest BCUT2D eigenvalue weighted by atomic mass is 9.88. The Morgan fingerprint density at radius 1 is 1.14 bits per heavy atom. The summed E-state index contributed by atoms with van der Waals surface area (Å²) in [5.74, 6) is -2.30. The van der Waals surface area contributed by atoms with Gasteiger partial charge in [-0.3, -0.25) is 9.59 Å². The molecule has 4 N–H and O–H groups in total. The Morgan fingerprint density at radius 2 is 1.80 bits per heavy atom. The average molecular weight is 489 g/mol. The number of hydrogen-bond acceptors (Lipinski definition) is 7. The van der Waals surface area contributed by atoms with Crippen LogP contribution < -0.4 is 5.32 Å². The molecule has 9 nitrogen and oxygen atoms in total. The first-order valence-electron chi connectivity index (χ1n) is 12.4. The van der Waals surface area contributed by atoms with E-state index in [-0.39, 0.29) is 5.56 Å². The fourth-order valence-corrected chi connectivity index (χ4v) is 6.68. The summed E-state index contributed by atoms with van der Waals surface area (Å²) in [4.78, 5) is 39.8. The number of phenolic OH excluding ortho intramolecular Hbond substituents is 3. The van der Waals surface area contributed by atoms with Crippen molar-refractivity contribution < 1.29 is 34.4 Å². The summed E-state index contributed by atoms with van der Waals surface area (Å²) < 4.78 is 5.60. The molecule has 1 heterocycles. The third kappa shape index (κ3) is 4.29. The monoisotopic (exact) mass is 488 g/mol. The second-order valence-corrected chi connectivity index (χ2v) is 11.1. The highest BCUT2D eigenvalue weighted by Gasteiger charge is 2.72. The van der Waals surface area contributed by atoms with E-state index in [2.05, 4.69) is 26.1 Å². The van der Waals surface area contributed by atoms with E-state index in [1.54, 1.807) is 0 Å². The Labute approximate surface area is 205 Å².